The monoisotopic (exact) mass is 327 g/mol. The summed E-state index contributed by atoms with van der Waals surface area (Å²) < 4.78 is 0. The number of rotatable bonds is 4. The van der Waals surface area contributed by atoms with Crippen molar-refractivity contribution in [2.24, 2.45) is 5.92 Å². The second kappa shape index (κ2) is 6.40. The van der Waals surface area contributed by atoms with E-state index in [-0.39, 0.29) is 11.8 Å². The first-order valence-corrected chi connectivity index (χ1v) is 9.53. The van der Waals surface area contributed by atoms with E-state index in [1.807, 2.05) is 0 Å². The van der Waals surface area contributed by atoms with Crippen molar-refractivity contribution in [2.45, 2.75) is 50.5 Å². The average molecular weight is 327 g/mol. The molecule has 1 aliphatic carbocycles. The summed E-state index contributed by atoms with van der Waals surface area (Å²) >= 11 is 0. The summed E-state index contributed by atoms with van der Waals surface area (Å²) in [7, 11) is 2.21. The molecule has 4 rings (SSSR count). The van der Waals surface area contributed by atoms with Gasteiger partial charge in [-0.3, -0.25) is 4.79 Å². The van der Waals surface area contributed by atoms with Crippen LogP contribution in [0.3, 0.4) is 0 Å². The third kappa shape index (κ3) is 2.61. The zero-order valence-corrected chi connectivity index (χ0v) is 14.8. The number of likely N-dealkylation sites (N-methyl/N-ethyl adjacent to an activating group) is 1. The first-order chi connectivity index (χ1) is 11.7. The second-order valence-corrected chi connectivity index (χ2v) is 7.81. The van der Waals surface area contributed by atoms with Gasteiger partial charge in [0.05, 0.1) is 5.92 Å². The number of unbranched alkanes of at least 4 members (excludes halogenated alkanes) is 1. The van der Waals surface area contributed by atoms with Crippen LogP contribution in [0, 0.1) is 5.92 Å². The van der Waals surface area contributed by atoms with Gasteiger partial charge in [-0.1, -0.05) is 25.5 Å². The van der Waals surface area contributed by atoms with Crippen LogP contribution < -0.4 is 10.6 Å². The molecule has 1 unspecified atom stereocenters. The highest BCUT2D eigenvalue weighted by Gasteiger charge is 2.45. The molecule has 1 aromatic carbocycles. The van der Waals surface area contributed by atoms with Crippen LogP contribution in [0.15, 0.2) is 18.2 Å². The van der Waals surface area contributed by atoms with Crippen LogP contribution in [0.25, 0.3) is 0 Å². The van der Waals surface area contributed by atoms with Gasteiger partial charge in [-0.05, 0) is 43.5 Å². The fraction of sp³-hybridized carbons (Fsp3) is 0.650. The number of benzene rings is 1. The summed E-state index contributed by atoms with van der Waals surface area (Å²) in [6.45, 7) is 4.95. The summed E-state index contributed by atoms with van der Waals surface area (Å²) in [6.07, 6.45) is 4.42. The predicted octanol–water partition coefficient (Wildman–Crippen LogP) is 2.92. The number of likely N-dealkylation sites (tertiary alicyclic amines) is 1. The minimum absolute atomic E-state index is 0.120. The van der Waals surface area contributed by atoms with Crippen LogP contribution in [0.1, 0.15) is 55.6 Å². The van der Waals surface area contributed by atoms with Crippen molar-refractivity contribution in [3.63, 3.8) is 0 Å². The average Bonchev–Trinajstić information content (AvgIpc) is 3.00. The number of hydrogen-bond acceptors (Lipinski definition) is 3. The first-order valence-electron chi connectivity index (χ1n) is 9.53. The maximum Gasteiger partial charge on any atom is 0.224 e. The Hall–Kier alpha value is -1.55. The van der Waals surface area contributed by atoms with Crippen molar-refractivity contribution in [2.75, 3.05) is 32.0 Å². The molecular weight excluding hydrogens is 298 g/mol. The van der Waals surface area contributed by atoms with Crippen molar-refractivity contribution in [1.82, 2.24) is 10.2 Å². The van der Waals surface area contributed by atoms with Crippen LogP contribution in [-0.2, 0) is 4.79 Å². The fourth-order valence-corrected chi connectivity index (χ4v) is 5.07. The van der Waals surface area contributed by atoms with E-state index in [1.54, 1.807) is 5.56 Å². The Balaban J connectivity index is 1.56. The molecule has 4 nitrogen and oxygen atoms in total. The van der Waals surface area contributed by atoms with Crippen LogP contribution in [0.4, 0.5) is 5.69 Å². The van der Waals surface area contributed by atoms with Crippen LogP contribution in [-0.4, -0.2) is 43.5 Å². The van der Waals surface area contributed by atoms with Crippen molar-refractivity contribution >= 4 is 11.6 Å². The van der Waals surface area contributed by atoms with E-state index in [4.69, 9.17) is 0 Å². The molecule has 2 heterocycles. The van der Waals surface area contributed by atoms with E-state index in [0.29, 0.717) is 17.9 Å². The summed E-state index contributed by atoms with van der Waals surface area (Å²) in [5, 5.41) is 6.72. The van der Waals surface area contributed by atoms with E-state index < -0.39 is 0 Å². The molecule has 4 heteroatoms. The third-order valence-electron chi connectivity index (χ3n) is 6.29. The van der Waals surface area contributed by atoms with Crippen molar-refractivity contribution in [3.8, 4) is 0 Å². The summed E-state index contributed by atoms with van der Waals surface area (Å²) in [5.41, 5.74) is 4.36. The molecule has 3 aliphatic rings. The zero-order chi connectivity index (χ0) is 16.7. The fourth-order valence-electron chi connectivity index (χ4n) is 5.07. The smallest absolute Gasteiger partial charge is 0.224 e. The Bertz CT molecular complexity index is 629. The number of amides is 1. The number of piperidine rings is 1. The van der Waals surface area contributed by atoms with Gasteiger partial charge in [0.25, 0.3) is 0 Å². The number of anilines is 1. The van der Waals surface area contributed by atoms with Gasteiger partial charge in [0, 0.05) is 43.2 Å². The Kier molecular flexibility index (Phi) is 4.25. The summed E-state index contributed by atoms with van der Waals surface area (Å²) in [6, 6.07) is 7.27. The number of nitrogens with one attached hydrogen (secondary N) is 2. The Morgan fingerprint density at radius 2 is 2.25 bits per heavy atom. The maximum atomic E-state index is 12.6. The molecule has 24 heavy (non-hydrogen) atoms. The van der Waals surface area contributed by atoms with E-state index in [9.17, 15) is 4.79 Å². The zero-order valence-electron chi connectivity index (χ0n) is 14.8. The molecule has 1 saturated heterocycles. The lowest BCUT2D eigenvalue weighted by molar-refractivity contribution is -0.127. The van der Waals surface area contributed by atoms with Crippen molar-refractivity contribution in [1.29, 1.82) is 0 Å². The molecule has 0 aromatic heterocycles. The van der Waals surface area contributed by atoms with E-state index in [2.05, 4.69) is 47.7 Å². The lowest BCUT2D eigenvalue weighted by atomic mass is 9.68. The number of carbonyl (C=O) groups excluding carboxylic acids is 1. The normalized spacial score (nSPS) is 31.1. The molecule has 1 amide bonds. The van der Waals surface area contributed by atoms with E-state index >= 15 is 0 Å². The first kappa shape index (κ1) is 15.9. The molecule has 0 bridgehead atoms. The highest BCUT2D eigenvalue weighted by molar-refractivity contribution is 5.79. The minimum Gasteiger partial charge on any atom is -0.384 e. The number of fused-ring (bicyclic) bond motifs is 2. The Labute approximate surface area is 145 Å². The van der Waals surface area contributed by atoms with Gasteiger partial charge in [-0.15, -0.1) is 0 Å². The van der Waals surface area contributed by atoms with Gasteiger partial charge < -0.3 is 15.5 Å². The number of hydrogen-bond donors (Lipinski definition) is 2. The van der Waals surface area contributed by atoms with Crippen LogP contribution >= 0.6 is 0 Å². The van der Waals surface area contributed by atoms with Crippen molar-refractivity contribution < 1.29 is 4.79 Å². The van der Waals surface area contributed by atoms with Gasteiger partial charge >= 0.3 is 0 Å². The quantitative estimate of drug-likeness (QED) is 0.836. The Morgan fingerprint density at radius 1 is 1.38 bits per heavy atom. The molecule has 0 spiro atoms. The molecule has 2 N–H and O–H groups in total. The minimum atomic E-state index is 0.120. The molecule has 1 fully saturated rings. The van der Waals surface area contributed by atoms with Gasteiger partial charge in [0.2, 0.25) is 5.91 Å². The molecule has 4 atom stereocenters. The Morgan fingerprint density at radius 3 is 3.08 bits per heavy atom. The maximum absolute atomic E-state index is 12.6. The van der Waals surface area contributed by atoms with Crippen molar-refractivity contribution in [3.05, 3.63) is 29.3 Å². The van der Waals surface area contributed by atoms with Gasteiger partial charge in [0.15, 0.2) is 0 Å². The molecular formula is C20H29N3O. The highest BCUT2D eigenvalue weighted by Crippen LogP contribution is 2.50. The third-order valence-corrected chi connectivity index (χ3v) is 6.29. The van der Waals surface area contributed by atoms with E-state index in [1.165, 1.54) is 17.7 Å². The lowest BCUT2D eigenvalue weighted by Gasteiger charge is -2.47. The van der Waals surface area contributed by atoms with E-state index in [0.717, 1.165) is 38.9 Å². The lowest BCUT2D eigenvalue weighted by Crippen LogP contribution is -2.51. The molecule has 0 saturated carbocycles. The standard InChI is InChI=1S/C20H29N3O/c1-3-4-8-21-20(24)14-9-16-15-6-5-7-17-19(15)13(11-22-17)10-18(16)23(2)12-14/h5-7,13-14,16,18,22H,3-4,8-12H2,1-2H3,(H,21,24)/t13?,14-,16-,18-/m1/s1. The summed E-state index contributed by atoms with van der Waals surface area (Å²) in [4.78, 5) is 15.0. The number of nitrogens with zero attached hydrogens (tertiary/aromatic N) is 1. The predicted molar refractivity (Wildman–Crippen MR) is 97.5 cm³/mol. The molecule has 0 radical (unpaired) electrons. The van der Waals surface area contributed by atoms with Crippen LogP contribution in [0.2, 0.25) is 0 Å². The largest absolute Gasteiger partial charge is 0.384 e. The molecule has 2 aliphatic heterocycles. The van der Waals surface area contributed by atoms with Crippen LogP contribution in [0.5, 0.6) is 0 Å². The number of carbonyl (C=O) groups is 1. The highest BCUT2D eigenvalue weighted by atomic mass is 16.1. The van der Waals surface area contributed by atoms with Gasteiger partial charge in [-0.2, -0.15) is 0 Å². The molecule has 130 valence electrons. The molecule has 1 aromatic rings. The summed E-state index contributed by atoms with van der Waals surface area (Å²) in [5.74, 6) is 1.52. The SMILES string of the molecule is CCCCNC(=O)[C@@H]1C[C@@H]2c3cccc4c3C(CN4)C[C@H]2N(C)C1. The van der Waals surface area contributed by atoms with Gasteiger partial charge in [-0.25, -0.2) is 0 Å². The second-order valence-electron chi connectivity index (χ2n) is 7.81. The topological polar surface area (TPSA) is 44.4 Å². The van der Waals surface area contributed by atoms with Gasteiger partial charge in [0.1, 0.15) is 0 Å².